The second-order valence-electron chi connectivity index (χ2n) is 5.28. The third kappa shape index (κ3) is 3.98. The van der Waals surface area contributed by atoms with Gasteiger partial charge in [0.25, 0.3) is 0 Å². The maximum absolute atomic E-state index is 11.9. The van der Waals surface area contributed by atoms with E-state index >= 15 is 0 Å². The largest absolute Gasteiger partial charge is 0.353 e. The maximum atomic E-state index is 11.9. The number of carbonyl (C=O) groups excluding carboxylic acids is 2. The van der Waals surface area contributed by atoms with Crippen molar-refractivity contribution < 1.29 is 9.59 Å². The fourth-order valence-corrected chi connectivity index (χ4v) is 2.02. The molecule has 0 aromatic carbocycles. The van der Waals surface area contributed by atoms with Crippen molar-refractivity contribution in [3.8, 4) is 0 Å². The van der Waals surface area contributed by atoms with Crippen molar-refractivity contribution in [3.05, 3.63) is 0 Å². The first-order chi connectivity index (χ1) is 8.45. The van der Waals surface area contributed by atoms with E-state index in [1.165, 1.54) is 0 Å². The summed E-state index contributed by atoms with van der Waals surface area (Å²) in [5, 5.41) is 3.01. The number of rotatable bonds is 4. The van der Waals surface area contributed by atoms with Crippen molar-refractivity contribution >= 4 is 11.8 Å². The Balaban J connectivity index is 2.37. The molecule has 1 aliphatic heterocycles. The number of amides is 2. The molecule has 3 N–H and O–H groups in total. The van der Waals surface area contributed by atoms with E-state index in [0.29, 0.717) is 19.5 Å². The molecule has 1 atom stereocenters. The predicted octanol–water partition coefficient (Wildman–Crippen LogP) is 0.487. The van der Waals surface area contributed by atoms with Gasteiger partial charge in [-0.1, -0.05) is 20.8 Å². The second-order valence-corrected chi connectivity index (χ2v) is 5.28. The van der Waals surface area contributed by atoms with E-state index in [9.17, 15) is 9.59 Å². The summed E-state index contributed by atoms with van der Waals surface area (Å²) < 4.78 is 0. The maximum Gasteiger partial charge on any atom is 0.239 e. The van der Waals surface area contributed by atoms with Crippen molar-refractivity contribution in [2.75, 3.05) is 13.1 Å². The number of carbonyl (C=O) groups is 2. The van der Waals surface area contributed by atoms with Crippen molar-refractivity contribution in [1.82, 2.24) is 10.2 Å². The molecule has 1 rings (SSSR count). The van der Waals surface area contributed by atoms with Gasteiger partial charge in [0.05, 0.1) is 6.04 Å². The average molecular weight is 255 g/mol. The van der Waals surface area contributed by atoms with Gasteiger partial charge in [0, 0.05) is 25.0 Å². The van der Waals surface area contributed by atoms with Crippen LogP contribution in [-0.4, -0.2) is 41.9 Å². The minimum atomic E-state index is -0.383. The Labute approximate surface area is 109 Å². The second kappa shape index (κ2) is 6.73. The molecular weight excluding hydrogens is 230 g/mol. The fraction of sp³-hybridized carbons (Fsp3) is 0.846. The lowest BCUT2D eigenvalue weighted by Crippen LogP contribution is -2.51. The van der Waals surface area contributed by atoms with E-state index in [-0.39, 0.29) is 29.8 Å². The van der Waals surface area contributed by atoms with Crippen LogP contribution in [0.5, 0.6) is 0 Å². The fourth-order valence-electron chi connectivity index (χ4n) is 2.02. The average Bonchev–Trinajstić information content (AvgIpc) is 2.37. The van der Waals surface area contributed by atoms with Gasteiger partial charge in [0.2, 0.25) is 11.8 Å². The van der Waals surface area contributed by atoms with Crippen LogP contribution in [-0.2, 0) is 9.59 Å². The van der Waals surface area contributed by atoms with Gasteiger partial charge in [-0.05, 0) is 19.3 Å². The van der Waals surface area contributed by atoms with Crippen LogP contribution in [0, 0.1) is 5.92 Å². The minimum absolute atomic E-state index is 0.0122. The molecule has 1 aliphatic rings. The molecule has 1 heterocycles. The van der Waals surface area contributed by atoms with Crippen molar-refractivity contribution in [2.24, 2.45) is 11.7 Å². The molecular formula is C13H25N3O2. The molecule has 104 valence electrons. The summed E-state index contributed by atoms with van der Waals surface area (Å²) in [6.45, 7) is 7.06. The van der Waals surface area contributed by atoms with Gasteiger partial charge in [0.1, 0.15) is 0 Å². The highest BCUT2D eigenvalue weighted by Gasteiger charge is 2.26. The third-order valence-corrected chi connectivity index (χ3v) is 3.43. The molecule has 2 amide bonds. The molecule has 0 radical (unpaired) electrons. The lowest BCUT2D eigenvalue weighted by Gasteiger charge is -2.34. The SMILES string of the molecule is CCC(N)C(=O)N1CCC(NC(=O)C(C)C)CC1. The minimum Gasteiger partial charge on any atom is -0.353 e. The Kier molecular flexibility index (Phi) is 5.59. The normalized spacial score (nSPS) is 18.8. The molecule has 1 saturated heterocycles. The zero-order valence-corrected chi connectivity index (χ0v) is 11.6. The topological polar surface area (TPSA) is 75.4 Å². The van der Waals surface area contributed by atoms with Gasteiger partial charge in [-0.2, -0.15) is 0 Å². The van der Waals surface area contributed by atoms with Crippen molar-refractivity contribution in [1.29, 1.82) is 0 Å². The first kappa shape index (κ1) is 15.0. The zero-order chi connectivity index (χ0) is 13.7. The summed E-state index contributed by atoms with van der Waals surface area (Å²) in [4.78, 5) is 25.3. The van der Waals surface area contributed by atoms with Crippen LogP contribution < -0.4 is 11.1 Å². The Hall–Kier alpha value is -1.10. The van der Waals surface area contributed by atoms with Crippen LogP contribution >= 0.6 is 0 Å². The van der Waals surface area contributed by atoms with Gasteiger partial charge in [-0.25, -0.2) is 0 Å². The predicted molar refractivity (Wildman–Crippen MR) is 70.8 cm³/mol. The van der Waals surface area contributed by atoms with Gasteiger partial charge in [-0.3, -0.25) is 9.59 Å². The molecule has 0 aliphatic carbocycles. The Morgan fingerprint density at radius 3 is 2.33 bits per heavy atom. The van der Waals surface area contributed by atoms with Gasteiger partial charge < -0.3 is 16.0 Å². The Morgan fingerprint density at radius 1 is 1.33 bits per heavy atom. The van der Waals surface area contributed by atoms with Crippen LogP contribution in [0.15, 0.2) is 0 Å². The van der Waals surface area contributed by atoms with Gasteiger partial charge in [0.15, 0.2) is 0 Å². The summed E-state index contributed by atoms with van der Waals surface area (Å²) in [6, 6.07) is -0.186. The molecule has 0 aromatic heterocycles. The first-order valence-corrected chi connectivity index (χ1v) is 6.80. The standard InChI is InChI=1S/C13H25N3O2/c1-4-11(14)13(18)16-7-5-10(6-8-16)15-12(17)9(2)3/h9-11H,4-8,14H2,1-3H3,(H,15,17). The number of likely N-dealkylation sites (tertiary alicyclic amines) is 1. The van der Waals surface area contributed by atoms with E-state index in [2.05, 4.69) is 5.32 Å². The van der Waals surface area contributed by atoms with Crippen LogP contribution in [0.25, 0.3) is 0 Å². The molecule has 0 saturated carbocycles. The highest BCUT2D eigenvalue weighted by atomic mass is 16.2. The van der Waals surface area contributed by atoms with Crippen LogP contribution in [0.3, 0.4) is 0 Å². The third-order valence-electron chi connectivity index (χ3n) is 3.43. The molecule has 18 heavy (non-hydrogen) atoms. The number of hydrogen-bond donors (Lipinski definition) is 2. The molecule has 0 spiro atoms. The van der Waals surface area contributed by atoms with E-state index < -0.39 is 0 Å². The number of nitrogens with zero attached hydrogens (tertiary/aromatic N) is 1. The van der Waals surface area contributed by atoms with E-state index in [4.69, 9.17) is 5.73 Å². The van der Waals surface area contributed by atoms with Crippen LogP contribution in [0.4, 0.5) is 0 Å². The first-order valence-electron chi connectivity index (χ1n) is 6.80. The smallest absolute Gasteiger partial charge is 0.239 e. The monoisotopic (exact) mass is 255 g/mol. The highest BCUT2D eigenvalue weighted by Crippen LogP contribution is 2.12. The summed E-state index contributed by atoms with van der Waals surface area (Å²) in [6.07, 6.45) is 2.31. The quantitative estimate of drug-likeness (QED) is 0.767. The van der Waals surface area contributed by atoms with Crippen molar-refractivity contribution in [3.63, 3.8) is 0 Å². The summed E-state index contributed by atoms with van der Waals surface area (Å²) in [5.74, 6) is 0.134. The van der Waals surface area contributed by atoms with Gasteiger partial charge in [-0.15, -0.1) is 0 Å². The summed E-state index contributed by atoms with van der Waals surface area (Å²) in [7, 11) is 0. The molecule has 1 unspecified atom stereocenters. The molecule has 0 bridgehead atoms. The van der Waals surface area contributed by atoms with Crippen LogP contribution in [0.1, 0.15) is 40.0 Å². The van der Waals surface area contributed by atoms with Crippen molar-refractivity contribution in [2.45, 2.75) is 52.1 Å². The molecule has 5 heteroatoms. The Bertz CT molecular complexity index is 297. The molecule has 0 aromatic rings. The lowest BCUT2D eigenvalue weighted by atomic mass is 10.0. The number of piperidine rings is 1. The van der Waals surface area contributed by atoms with Gasteiger partial charge >= 0.3 is 0 Å². The molecule has 1 fully saturated rings. The number of nitrogens with two attached hydrogens (primary N) is 1. The lowest BCUT2D eigenvalue weighted by molar-refractivity contribution is -0.134. The zero-order valence-electron chi connectivity index (χ0n) is 11.6. The van der Waals surface area contributed by atoms with Crippen LogP contribution in [0.2, 0.25) is 0 Å². The number of nitrogens with one attached hydrogen (secondary N) is 1. The Morgan fingerprint density at radius 2 is 1.89 bits per heavy atom. The van der Waals surface area contributed by atoms with E-state index in [1.54, 1.807) is 0 Å². The summed E-state index contributed by atoms with van der Waals surface area (Å²) in [5.41, 5.74) is 5.74. The highest BCUT2D eigenvalue weighted by molar-refractivity contribution is 5.81. The van der Waals surface area contributed by atoms with E-state index in [0.717, 1.165) is 12.8 Å². The number of hydrogen-bond acceptors (Lipinski definition) is 3. The molecule has 5 nitrogen and oxygen atoms in total. The van der Waals surface area contributed by atoms with E-state index in [1.807, 2.05) is 25.7 Å². The summed E-state index contributed by atoms with van der Waals surface area (Å²) >= 11 is 0.